The van der Waals surface area contributed by atoms with E-state index in [1.54, 1.807) is 18.2 Å². The number of methoxy groups -OCH3 is 1. The molecule has 1 aromatic rings. The van der Waals surface area contributed by atoms with E-state index in [0.717, 1.165) is 0 Å². The summed E-state index contributed by atoms with van der Waals surface area (Å²) in [5, 5.41) is 0. The smallest absolute Gasteiger partial charge is 0.269 e. The van der Waals surface area contributed by atoms with E-state index in [2.05, 4.69) is 0 Å². The monoisotopic (exact) mass is 150 g/mol. The van der Waals surface area contributed by atoms with E-state index in [1.165, 1.54) is 13.2 Å². The maximum Gasteiger partial charge on any atom is 0.269 e. The second-order valence-corrected chi connectivity index (χ2v) is 2.06. The molecule has 0 saturated heterocycles. The minimum absolute atomic E-state index is 0.351. The van der Waals surface area contributed by atoms with Gasteiger partial charge < -0.3 is 4.74 Å². The fraction of sp³-hybridized carbons (Fsp3) is 0.125. The molecule has 0 atom stereocenters. The zero-order valence-corrected chi connectivity index (χ0v) is 6.13. The molecule has 0 fully saturated rings. The number of nitrogens with one attached hydrogen (secondary N) is 1. The molecule has 1 aromatic carbocycles. The molecule has 1 radical (unpaired) electrons. The maximum absolute atomic E-state index is 10.5. The molecule has 0 saturated carbocycles. The van der Waals surface area contributed by atoms with Gasteiger partial charge in [-0.3, -0.25) is 10.5 Å². The number of carbonyl (C=O) groups is 1. The predicted molar refractivity (Wildman–Crippen MR) is 40.4 cm³/mol. The SMILES string of the molecule is COc1cccc(C([NH])=O)c1. The van der Waals surface area contributed by atoms with Crippen LogP contribution < -0.4 is 10.5 Å². The minimum atomic E-state index is -0.691. The van der Waals surface area contributed by atoms with Gasteiger partial charge in [0.15, 0.2) is 0 Å². The Bertz CT molecular complexity index is 271. The number of carbonyl (C=O) groups excluding carboxylic acids is 1. The van der Waals surface area contributed by atoms with Gasteiger partial charge in [-0.2, -0.15) is 0 Å². The van der Waals surface area contributed by atoms with Gasteiger partial charge in [0.25, 0.3) is 5.91 Å². The van der Waals surface area contributed by atoms with Gasteiger partial charge in [0, 0.05) is 5.56 Å². The molecule has 0 aliphatic heterocycles. The van der Waals surface area contributed by atoms with Gasteiger partial charge in [0.1, 0.15) is 5.75 Å². The fourth-order valence-corrected chi connectivity index (χ4v) is 0.764. The van der Waals surface area contributed by atoms with Gasteiger partial charge in [-0.15, -0.1) is 0 Å². The highest BCUT2D eigenvalue weighted by atomic mass is 16.5. The molecule has 1 amide bonds. The van der Waals surface area contributed by atoms with Crippen molar-refractivity contribution >= 4 is 5.91 Å². The molecule has 11 heavy (non-hydrogen) atoms. The first-order valence-corrected chi connectivity index (χ1v) is 3.14. The molecule has 3 nitrogen and oxygen atoms in total. The van der Waals surface area contributed by atoms with Gasteiger partial charge in [0.05, 0.1) is 7.11 Å². The summed E-state index contributed by atoms with van der Waals surface area (Å²) in [4.78, 5) is 10.5. The average Bonchev–Trinajstić information content (AvgIpc) is 2.05. The van der Waals surface area contributed by atoms with Crippen molar-refractivity contribution in [2.75, 3.05) is 7.11 Å². The Labute approximate surface area is 64.8 Å². The summed E-state index contributed by atoms with van der Waals surface area (Å²) < 4.78 is 4.87. The summed E-state index contributed by atoms with van der Waals surface area (Å²) in [5.74, 6) is -0.0907. The summed E-state index contributed by atoms with van der Waals surface area (Å²) in [6, 6.07) is 6.53. The second kappa shape index (κ2) is 3.05. The quantitative estimate of drug-likeness (QED) is 0.634. The Morgan fingerprint density at radius 1 is 1.55 bits per heavy atom. The maximum atomic E-state index is 10.5. The van der Waals surface area contributed by atoms with Gasteiger partial charge >= 0.3 is 0 Å². The van der Waals surface area contributed by atoms with E-state index in [1.807, 2.05) is 0 Å². The van der Waals surface area contributed by atoms with Crippen molar-refractivity contribution in [1.82, 2.24) is 5.73 Å². The number of benzene rings is 1. The second-order valence-electron chi connectivity index (χ2n) is 2.06. The molecule has 0 unspecified atom stereocenters. The van der Waals surface area contributed by atoms with Gasteiger partial charge in [-0.05, 0) is 18.2 Å². The number of hydrogen-bond donors (Lipinski definition) is 0. The highest BCUT2D eigenvalue weighted by molar-refractivity contribution is 5.92. The molecule has 0 aliphatic carbocycles. The first-order chi connectivity index (χ1) is 5.24. The number of ether oxygens (including phenoxy) is 1. The van der Waals surface area contributed by atoms with Crippen LogP contribution in [0.2, 0.25) is 0 Å². The molecule has 57 valence electrons. The summed E-state index contributed by atoms with van der Waals surface area (Å²) in [6.45, 7) is 0. The lowest BCUT2D eigenvalue weighted by Gasteiger charge is -1.99. The van der Waals surface area contributed by atoms with Crippen LogP contribution in [0, 0.1) is 0 Å². The molecule has 1 rings (SSSR count). The Morgan fingerprint density at radius 3 is 2.82 bits per heavy atom. The third-order valence-electron chi connectivity index (χ3n) is 1.33. The Hall–Kier alpha value is -1.51. The number of rotatable bonds is 2. The van der Waals surface area contributed by atoms with Crippen molar-refractivity contribution in [3.05, 3.63) is 29.8 Å². The van der Waals surface area contributed by atoms with E-state index >= 15 is 0 Å². The van der Waals surface area contributed by atoms with Crippen LogP contribution in [0.25, 0.3) is 0 Å². The van der Waals surface area contributed by atoms with E-state index < -0.39 is 5.91 Å². The van der Waals surface area contributed by atoms with Crippen molar-refractivity contribution in [1.29, 1.82) is 0 Å². The topological polar surface area (TPSA) is 50.1 Å². The van der Waals surface area contributed by atoms with Crippen molar-refractivity contribution in [3.8, 4) is 5.75 Å². The normalized spacial score (nSPS) is 9.18. The lowest BCUT2D eigenvalue weighted by atomic mass is 10.2. The minimum Gasteiger partial charge on any atom is -0.497 e. The van der Waals surface area contributed by atoms with Crippen LogP contribution in [0.15, 0.2) is 24.3 Å². The summed E-state index contributed by atoms with van der Waals surface area (Å²) >= 11 is 0. The van der Waals surface area contributed by atoms with Gasteiger partial charge in [-0.25, -0.2) is 0 Å². The lowest BCUT2D eigenvalue weighted by Crippen LogP contribution is -1.98. The number of amides is 1. The lowest BCUT2D eigenvalue weighted by molar-refractivity contribution is 0.0991. The highest BCUT2D eigenvalue weighted by Gasteiger charge is 2.00. The molecule has 1 N–H and O–H groups in total. The summed E-state index contributed by atoms with van der Waals surface area (Å²) in [6.07, 6.45) is 0. The van der Waals surface area contributed by atoms with Gasteiger partial charge in [-0.1, -0.05) is 6.07 Å². The molecule has 0 aliphatic rings. The molecule has 0 spiro atoms. The largest absolute Gasteiger partial charge is 0.497 e. The van der Waals surface area contributed by atoms with Crippen LogP contribution in [0.1, 0.15) is 10.4 Å². The summed E-state index contributed by atoms with van der Waals surface area (Å²) in [7, 11) is 1.52. The molecule has 3 heteroatoms. The van der Waals surface area contributed by atoms with E-state index in [-0.39, 0.29) is 0 Å². The standard InChI is InChI=1S/C8H8NO2/c1-11-7-4-2-3-6(5-7)8(9)10/h2-5,9H,1H3. The third-order valence-corrected chi connectivity index (χ3v) is 1.33. The fourth-order valence-electron chi connectivity index (χ4n) is 0.764. The Kier molecular flexibility index (Phi) is 2.11. The molecular formula is C8H8NO2. The zero-order valence-electron chi connectivity index (χ0n) is 6.13. The van der Waals surface area contributed by atoms with Crippen molar-refractivity contribution in [2.45, 2.75) is 0 Å². The van der Waals surface area contributed by atoms with Crippen LogP contribution in [0.4, 0.5) is 0 Å². The molecule has 0 bridgehead atoms. The third kappa shape index (κ3) is 1.70. The van der Waals surface area contributed by atoms with Crippen LogP contribution in [0.3, 0.4) is 0 Å². The van der Waals surface area contributed by atoms with Crippen LogP contribution in [0.5, 0.6) is 5.75 Å². The van der Waals surface area contributed by atoms with E-state index in [4.69, 9.17) is 10.5 Å². The molecule has 0 aromatic heterocycles. The van der Waals surface area contributed by atoms with Crippen LogP contribution in [-0.4, -0.2) is 13.0 Å². The first kappa shape index (κ1) is 7.60. The Balaban J connectivity index is 3.01. The average molecular weight is 150 g/mol. The van der Waals surface area contributed by atoms with Crippen molar-refractivity contribution in [3.63, 3.8) is 0 Å². The molecular weight excluding hydrogens is 142 g/mol. The van der Waals surface area contributed by atoms with Crippen molar-refractivity contribution < 1.29 is 9.53 Å². The van der Waals surface area contributed by atoms with E-state index in [0.29, 0.717) is 11.3 Å². The Morgan fingerprint density at radius 2 is 2.27 bits per heavy atom. The number of hydrogen-bond acceptors (Lipinski definition) is 2. The van der Waals surface area contributed by atoms with Gasteiger partial charge in [0.2, 0.25) is 0 Å². The van der Waals surface area contributed by atoms with Crippen LogP contribution >= 0.6 is 0 Å². The van der Waals surface area contributed by atoms with E-state index in [9.17, 15) is 4.79 Å². The first-order valence-electron chi connectivity index (χ1n) is 3.14. The zero-order chi connectivity index (χ0) is 8.27. The van der Waals surface area contributed by atoms with Crippen LogP contribution in [-0.2, 0) is 0 Å². The predicted octanol–water partition coefficient (Wildman–Crippen LogP) is 1.12. The van der Waals surface area contributed by atoms with Crippen molar-refractivity contribution in [2.24, 2.45) is 0 Å². The molecule has 0 heterocycles. The summed E-state index contributed by atoms with van der Waals surface area (Å²) in [5.41, 5.74) is 7.15. The highest BCUT2D eigenvalue weighted by Crippen LogP contribution is 2.11.